The Kier molecular flexibility index (Phi) is 6.04. The molecule has 6 nitrogen and oxygen atoms in total. The third-order valence-corrected chi connectivity index (χ3v) is 3.68. The second-order valence-electron chi connectivity index (χ2n) is 5.77. The second-order valence-corrected chi connectivity index (χ2v) is 5.77. The van der Waals surface area contributed by atoms with E-state index >= 15 is 0 Å². The highest BCUT2D eigenvalue weighted by Gasteiger charge is 2.32. The zero-order chi connectivity index (χ0) is 20.2. The molecule has 0 atom stereocenters. The number of carbonyl (C=O) groups excluding carboxylic acids is 1. The van der Waals surface area contributed by atoms with Gasteiger partial charge in [0.15, 0.2) is 5.75 Å². The van der Waals surface area contributed by atoms with Gasteiger partial charge in [0.2, 0.25) is 0 Å². The largest absolute Gasteiger partial charge is 0.487 e. The number of carbonyl (C=O) groups is 1. The number of hydrogen-bond acceptors (Lipinski definition) is 4. The fourth-order valence-electron chi connectivity index (χ4n) is 2.34. The summed E-state index contributed by atoms with van der Waals surface area (Å²) in [4.78, 5) is 22.8. The Hall–Kier alpha value is -3.10. The van der Waals surface area contributed by atoms with Gasteiger partial charge < -0.3 is 10.1 Å². The standard InChI is InChI=1S/C18H17F3N2O4/c1-3-8-27-16-7-5-12(9-15(16)23(25)26)17(24)22-13-6-4-11(2)14(10-13)18(19,20)21/h4-7,9-10H,3,8H2,1-2H3,(H,22,24). The molecule has 0 radical (unpaired) electrons. The second kappa shape index (κ2) is 8.07. The molecule has 2 aromatic carbocycles. The van der Waals surface area contributed by atoms with Crippen LogP contribution in [0.15, 0.2) is 36.4 Å². The summed E-state index contributed by atoms with van der Waals surface area (Å²) in [6.45, 7) is 3.42. The molecule has 0 saturated carbocycles. The highest BCUT2D eigenvalue weighted by atomic mass is 19.4. The fourth-order valence-corrected chi connectivity index (χ4v) is 2.34. The summed E-state index contributed by atoms with van der Waals surface area (Å²) >= 11 is 0. The van der Waals surface area contributed by atoms with Crippen molar-refractivity contribution in [2.75, 3.05) is 11.9 Å². The molecule has 0 aromatic heterocycles. The lowest BCUT2D eigenvalue weighted by atomic mass is 10.1. The minimum Gasteiger partial charge on any atom is -0.487 e. The molecule has 2 aromatic rings. The maximum atomic E-state index is 13.0. The molecule has 144 valence electrons. The van der Waals surface area contributed by atoms with E-state index in [0.717, 1.165) is 12.1 Å². The molecule has 0 unspecified atom stereocenters. The number of benzene rings is 2. The number of rotatable bonds is 6. The van der Waals surface area contributed by atoms with E-state index in [-0.39, 0.29) is 29.2 Å². The summed E-state index contributed by atoms with van der Waals surface area (Å²) in [6.07, 6.45) is -3.91. The molecule has 0 aliphatic rings. The number of nitrogens with one attached hydrogen (secondary N) is 1. The molecule has 9 heteroatoms. The first-order chi connectivity index (χ1) is 12.6. The van der Waals surface area contributed by atoms with E-state index in [4.69, 9.17) is 4.74 Å². The Labute approximate surface area is 153 Å². The van der Waals surface area contributed by atoms with Gasteiger partial charge in [-0.25, -0.2) is 0 Å². The van der Waals surface area contributed by atoms with E-state index < -0.39 is 28.3 Å². The average Bonchev–Trinajstić information content (AvgIpc) is 2.60. The van der Waals surface area contributed by atoms with Crippen LogP contribution in [0.1, 0.15) is 34.8 Å². The number of amides is 1. The first-order valence-corrected chi connectivity index (χ1v) is 8.04. The lowest BCUT2D eigenvalue weighted by Gasteiger charge is -2.13. The molecular formula is C18H17F3N2O4. The van der Waals surface area contributed by atoms with Gasteiger partial charge in [-0.15, -0.1) is 0 Å². The van der Waals surface area contributed by atoms with Crippen molar-refractivity contribution in [2.45, 2.75) is 26.4 Å². The zero-order valence-electron chi connectivity index (χ0n) is 14.6. The van der Waals surface area contributed by atoms with Gasteiger partial charge >= 0.3 is 11.9 Å². The van der Waals surface area contributed by atoms with E-state index in [9.17, 15) is 28.1 Å². The Balaban J connectivity index is 2.28. The number of nitro benzene ring substituents is 1. The van der Waals surface area contributed by atoms with Gasteiger partial charge in [-0.3, -0.25) is 14.9 Å². The van der Waals surface area contributed by atoms with Crippen molar-refractivity contribution in [3.05, 3.63) is 63.2 Å². The van der Waals surface area contributed by atoms with Crippen molar-refractivity contribution in [2.24, 2.45) is 0 Å². The van der Waals surface area contributed by atoms with Crippen LogP contribution >= 0.6 is 0 Å². The molecule has 0 fully saturated rings. The quantitative estimate of drug-likeness (QED) is 0.565. The van der Waals surface area contributed by atoms with Gasteiger partial charge in [0, 0.05) is 17.3 Å². The molecule has 0 saturated heterocycles. The van der Waals surface area contributed by atoms with Crippen LogP contribution < -0.4 is 10.1 Å². The van der Waals surface area contributed by atoms with Crippen molar-refractivity contribution in [1.82, 2.24) is 0 Å². The Morgan fingerprint density at radius 1 is 1.22 bits per heavy atom. The predicted octanol–water partition coefficient (Wildman–Crippen LogP) is 4.96. The smallest absolute Gasteiger partial charge is 0.416 e. The highest BCUT2D eigenvalue weighted by molar-refractivity contribution is 6.04. The SMILES string of the molecule is CCCOc1ccc(C(=O)Nc2ccc(C)c(C(F)(F)F)c2)cc1[N+](=O)[O-]. The number of anilines is 1. The molecule has 1 N–H and O–H groups in total. The third-order valence-electron chi connectivity index (χ3n) is 3.68. The van der Waals surface area contributed by atoms with E-state index in [1.54, 1.807) is 0 Å². The molecule has 27 heavy (non-hydrogen) atoms. The number of halogens is 3. The predicted molar refractivity (Wildman–Crippen MR) is 93.0 cm³/mol. The molecule has 0 aliphatic carbocycles. The van der Waals surface area contributed by atoms with Gasteiger partial charge in [0.05, 0.1) is 17.1 Å². The molecule has 0 heterocycles. The molecule has 1 amide bonds. The lowest BCUT2D eigenvalue weighted by Crippen LogP contribution is -2.14. The van der Waals surface area contributed by atoms with Crippen LogP contribution in [0, 0.1) is 17.0 Å². The summed E-state index contributed by atoms with van der Waals surface area (Å²) in [5, 5.41) is 13.5. The van der Waals surface area contributed by atoms with E-state index in [0.29, 0.717) is 6.42 Å². The number of nitrogens with zero attached hydrogens (tertiary/aromatic N) is 1. The Bertz CT molecular complexity index is 866. The van der Waals surface area contributed by atoms with Gasteiger partial charge in [0.1, 0.15) is 0 Å². The summed E-state index contributed by atoms with van der Waals surface area (Å²) in [6, 6.07) is 7.02. The highest BCUT2D eigenvalue weighted by Crippen LogP contribution is 2.34. The first-order valence-electron chi connectivity index (χ1n) is 8.04. The van der Waals surface area contributed by atoms with Crippen LogP contribution in [0.4, 0.5) is 24.5 Å². The Morgan fingerprint density at radius 3 is 2.52 bits per heavy atom. The minimum atomic E-state index is -4.55. The number of ether oxygens (including phenoxy) is 1. The van der Waals surface area contributed by atoms with Crippen LogP contribution in [-0.2, 0) is 6.18 Å². The normalized spacial score (nSPS) is 11.1. The topological polar surface area (TPSA) is 81.5 Å². The van der Waals surface area contributed by atoms with E-state index in [2.05, 4.69) is 5.32 Å². The van der Waals surface area contributed by atoms with Crippen LogP contribution in [0.5, 0.6) is 5.75 Å². The summed E-state index contributed by atoms with van der Waals surface area (Å²) < 4.78 is 44.2. The molecule has 2 rings (SSSR count). The van der Waals surface area contributed by atoms with E-state index in [1.165, 1.54) is 31.2 Å². The molecular weight excluding hydrogens is 365 g/mol. The molecule has 0 aliphatic heterocycles. The van der Waals surface area contributed by atoms with Crippen molar-refractivity contribution < 1.29 is 27.6 Å². The number of nitro groups is 1. The van der Waals surface area contributed by atoms with Crippen LogP contribution in [0.2, 0.25) is 0 Å². The van der Waals surface area contributed by atoms with Gasteiger partial charge in [-0.05, 0) is 43.2 Å². The molecule has 0 spiro atoms. The number of hydrogen-bond donors (Lipinski definition) is 1. The maximum absolute atomic E-state index is 13.0. The third kappa shape index (κ3) is 4.96. The average molecular weight is 382 g/mol. The summed E-state index contributed by atoms with van der Waals surface area (Å²) in [5.41, 5.74) is -1.37. The van der Waals surface area contributed by atoms with Gasteiger partial charge in [-0.1, -0.05) is 13.0 Å². The summed E-state index contributed by atoms with van der Waals surface area (Å²) in [7, 11) is 0. The molecule has 0 bridgehead atoms. The number of aryl methyl sites for hydroxylation is 1. The van der Waals surface area contributed by atoms with Crippen molar-refractivity contribution >= 4 is 17.3 Å². The van der Waals surface area contributed by atoms with Gasteiger partial charge in [0.25, 0.3) is 5.91 Å². The minimum absolute atomic E-state index is 0.0214. The maximum Gasteiger partial charge on any atom is 0.416 e. The van der Waals surface area contributed by atoms with Crippen molar-refractivity contribution in [3.8, 4) is 5.75 Å². The number of alkyl halides is 3. The van der Waals surface area contributed by atoms with Crippen molar-refractivity contribution in [1.29, 1.82) is 0 Å². The zero-order valence-corrected chi connectivity index (χ0v) is 14.6. The van der Waals surface area contributed by atoms with Gasteiger partial charge in [-0.2, -0.15) is 13.2 Å². The van der Waals surface area contributed by atoms with Crippen molar-refractivity contribution in [3.63, 3.8) is 0 Å². The lowest BCUT2D eigenvalue weighted by molar-refractivity contribution is -0.385. The Morgan fingerprint density at radius 2 is 1.93 bits per heavy atom. The van der Waals surface area contributed by atoms with Crippen LogP contribution in [0.25, 0.3) is 0 Å². The van der Waals surface area contributed by atoms with Crippen LogP contribution in [0.3, 0.4) is 0 Å². The first kappa shape index (κ1) is 20.2. The summed E-state index contributed by atoms with van der Waals surface area (Å²) in [5.74, 6) is -0.745. The monoisotopic (exact) mass is 382 g/mol. The fraction of sp³-hybridized carbons (Fsp3) is 0.278. The van der Waals surface area contributed by atoms with E-state index in [1.807, 2.05) is 6.92 Å². The van der Waals surface area contributed by atoms with Crippen LogP contribution in [-0.4, -0.2) is 17.4 Å².